The van der Waals surface area contributed by atoms with Gasteiger partial charge in [-0.3, -0.25) is 4.98 Å². The van der Waals surface area contributed by atoms with Crippen LogP contribution in [0.3, 0.4) is 0 Å². The minimum absolute atomic E-state index is 0.302. The Morgan fingerprint density at radius 2 is 2.03 bits per heavy atom. The zero-order chi connectivity index (χ0) is 25.1. The number of nitrogens with two attached hydrogens (primary N) is 1. The Bertz CT molecular complexity index is 1360. The lowest BCUT2D eigenvalue weighted by atomic mass is 10.1. The number of nitrogen functional groups attached to an aromatic ring is 1. The number of carbonyl (C=O) groups is 1. The average Bonchev–Trinajstić information content (AvgIpc) is 3.35. The predicted molar refractivity (Wildman–Crippen MR) is 138 cm³/mol. The number of imidazole rings is 1. The first-order valence-corrected chi connectivity index (χ1v) is 12.2. The fourth-order valence-corrected chi connectivity index (χ4v) is 4.42. The summed E-state index contributed by atoms with van der Waals surface area (Å²) in [5.74, 6) is 1.03. The van der Waals surface area contributed by atoms with E-state index in [4.69, 9.17) is 15.2 Å². The molecule has 35 heavy (non-hydrogen) atoms. The van der Waals surface area contributed by atoms with Gasteiger partial charge in [0.05, 0.1) is 47.8 Å². The highest BCUT2D eigenvalue weighted by atomic mass is 79.9. The second-order valence-electron chi connectivity index (χ2n) is 8.67. The Balaban J connectivity index is 1.40. The fraction of sp³-hybridized carbons (Fsp3) is 0.360. The van der Waals surface area contributed by atoms with Crippen LogP contribution in [0.2, 0.25) is 0 Å². The maximum Gasteiger partial charge on any atom is 0.337 e. The minimum Gasteiger partial charge on any atom is -0.477 e. The molecule has 4 aromatic rings. The summed E-state index contributed by atoms with van der Waals surface area (Å²) < 4.78 is 15.8. The van der Waals surface area contributed by atoms with Crippen LogP contribution in [-0.4, -0.2) is 44.0 Å². The summed E-state index contributed by atoms with van der Waals surface area (Å²) in [6.45, 7) is 5.30. The number of hydrogen-bond acceptors (Lipinski definition) is 7. The molecule has 0 saturated carbocycles. The van der Waals surface area contributed by atoms with Crippen LogP contribution in [0.25, 0.3) is 22.3 Å². The Kier molecular flexibility index (Phi) is 7.39. The van der Waals surface area contributed by atoms with Crippen molar-refractivity contribution in [2.45, 2.75) is 33.2 Å². The van der Waals surface area contributed by atoms with Gasteiger partial charge >= 0.3 is 5.97 Å². The Hall–Kier alpha value is -3.40. The lowest BCUT2D eigenvalue weighted by molar-refractivity contribution is 0.0600. The lowest BCUT2D eigenvalue weighted by Crippen LogP contribution is -2.13. The second kappa shape index (κ2) is 10.5. The number of pyridine rings is 1. The fourth-order valence-electron chi connectivity index (χ4n) is 4.07. The molecule has 0 unspecified atom stereocenters. The van der Waals surface area contributed by atoms with Crippen molar-refractivity contribution in [3.8, 4) is 17.1 Å². The maximum absolute atomic E-state index is 12.0. The van der Waals surface area contributed by atoms with E-state index in [1.54, 1.807) is 23.0 Å². The van der Waals surface area contributed by atoms with Gasteiger partial charge in [-0.05, 0) is 56.0 Å². The number of rotatable bonds is 9. The van der Waals surface area contributed by atoms with E-state index in [1.165, 1.54) is 7.11 Å². The Labute approximate surface area is 212 Å². The molecular weight excluding hydrogens is 512 g/mol. The van der Waals surface area contributed by atoms with Gasteiger partial charge in [0, 0.05) is 23.8 Å². The summed E-state index contributed by atoms with van der Waals surface area (Å²) in [5, 5.41) is 4.34. The van der Waals surface area contributed by atoms with E-state index in [9.17, 15) is 4.79 Å². The molecule has 0 bridgehead atoms. The van der Waals surface area contributed by atoms with E-state index < -0.39 is 5.97 Å². The van der Waals surface area contributed by atoms with Crippen molar-refractivity contribution in [1.82, 2.24) is 24.3 Å². The highest BCUT2D eigenvalue weighted by Gasteiger charge is 2.18. The zero-order valence-corrected chi connectivity index (χ0v) is 21.9. The predicted octanol–water partition coefficient (Wildman–Crippen LogP) is 4.77. The monoisotopic (exact) mass is 540 g/mol. The van der Waals surface area contributed by atoms with Crippen molar-refractivity contribution in [2.24, 2.45) is 13.0 Å². The number of aryl methyl sites for hydroxylation is 3. The summed E-state index contributed by atoms with van der Waals surface area (Å²) >= 11 is 3.52. The van der Waals surface area contributed by atoms with Crippen molar-refractivity contribution in [1.29, 1.82) is 0 Å². The quantitative estimate of drug-likeness (QED) is 0.304. The second-order valence-corrected chi connectivity index (χ2v) is 9.59. The van der Waals surface area contributed by atoms with Crippen LogP contribution in [0, 0.1) is 12.8 Å². The third-order valence-corrected chi connectivity index (χ3v) is 6.35. The number of esters is 1. The first kappa shape index (κ1) is 24.7. The molecule has 0 aliphatic heterocycles. The molecule has 1 aromatic carbocycles. The summed E-state index contributed by atoms with van der Waals surface area (Å²) in [4.78, 5) is 21.1. The molecule has 0 saturated heterocycles. The van der Waals surface area contributed by atoms with E-state index in [0.29, 0.717) is 41.3 Å². The molecule has 0 fully saturated rings. The number of aromatic nitrogens is 5. The van der Waals surface area contributed by atoms with Gasteiger partial charge in [0.2, 0.25) is 11.8 Å². The third kappa shape index (κ3) is 5.48. The molecule has 9 nitrogen and oxygen atoms in total. The van der Waals surface area contributed by atoms with Gasteiger partial charge < -0.3 is 19.8 Å². The SMILES string of the molecule is COC(=O)c1cc(C)nc(-c2cnn(C)c2OC[C@@H](C)CCCn2c(N)nc3ccc(Br)cc32)c1. The number of hydrogen-bond donors (Lipinski definition) is 1. The number of nitrogens with zero attached hydrogens (tertiary/aromatic N) is 5. The van der Waals surface area contributed by atoms with Crippen LogP contribution in [0.4, 0.5) is 5.95 Å². The van der Waals surface area contributed by atoms with E-state index in [-0.39, 0.29) is 0 Å². The summed E-state index contributed by atoms with van der Waals surface area (Å²) in [7, 11) is 3.19. The summed E-state index contributed by atoms with van der Waals surface area (Å²) in [6.07, 6.45) is 3.59. The molecule has 1 atom stereocenters. The van der Waals surface area contributed by atoms with Crippen molar-refractivity contribution >= 4 is 38.9 Å². The smallest absolute Gasteiger partial charge is 0.337 e. The largest absolute Gasteiger partial charge is 0.477 e. The van der Waals surface area contributed by atoms with Gasteiger partial charge in [-0.1, -0.05) is 22.9 Å². The highest BCUT2D eigenvalue weighted by molar-refractivity contribution is 9.10. The van der Waals surface area contributed by atoms with E-state index in [0.717, 1.165) is 40.5 Å². The molecule has 2 N–H and O–H groups in total. The number of methoxy groups -OCH3 is 1. The summed E-state index contributed by atoms with van der Waals surface area (Å²) in [5.41, 5.74) is 10.6. The molecule has 0 amide bonds. The van der Waals surface area contributed by atoms with Crippen LogP contribution in [0.1, 0.15) is 35.8 Å². The van der Waals surface area contributed by atoms with E-state index >= 15 is 0 Å². The van der Waals surface area contributed by atoms with Gasteiger partial charge in [-0.25, -0.2) is 14.5 Å². The molecule has 3 heterocycles. The lowest BCUT2D eigenvalue weighted by Gasteiger charge is -2.15. The van der Waals surface area contributed by atoms with Crippen molar-refractivity contribution < 1.29 is 14.3 Å². The normalized spacial score (nSPS) is 12.1. The number of ether oxygens (including phenoxy) is 2. The molecule has 0 radical (unpaired) electrons. The number of carbonyl (C=O) groups excluding carboxylic acids is 1. The van der Waals surface area contributed by atoms with Crippen LogP contribution in [0.5, 0.6) is 5.88 Å². The minimum atomic E-state index is -0.407. The van der Waals surface area contributed by atoms with Crippen LogP contribution >= 0.6 is 15.9 Å². The van der Waals surface area contributed by atoms with Gasteiger partial charge in [0.1, 0.15) is 0 Å². The first-order valence-electron chi connectivity index (χ1n) is 11.4. The molecule has 3 aromatic heterocycles. The van der Waals surface area contributed by atoms with Crippen molar-refractivity contribution in [3.63, 3.8) is 0 Å². The molecule has 0 spiro atoms. The number of halogens is 1. The third-order valence-electron chi connectivity index (χ3n) is 5.86. The van der Waals surface area contributed by atoms with Gasteiger partial charge in [-0.15, -0.1) is 0 Å². The topological polar surface area (TPSA) is 110 Å². The zero-order valence-electron chi connectivity index (χ0n) is 20.3. The van der Waals surface area contributed by atoms with Crippen LogP contribution in [0.15, 0.2) is 41.0 Å². The van der Waals surface area contributed by atoms with Crippen molar-refractivity contribution in [3.05, 3.63) is 52.3 Å². The molecule has 184 valence electrons. The molecule has 10 heteroatoms. The van der Waals surface area contributed by atoms with Crippen molar-refractivity contribution in [2.75, 3.05) is 19.5 Å². The first-order chi connectivity index (χ1) is 16.8. The molecule has 4 rings (SSSR count). The average molecular weight is 541 g/mol. The number of anilines is 1. The number of fused-ring (bicyclic) bond motifs is 1. The van der Waals surface area contributed by atoms with Crippen LogP contribution in [-0.2, 0) is 18.3 Å². The number of benzene rings is 1. The highest BCUT2D eigenvalue weighted by Crippen LogP contribution is 2.30. The maximum atomic E-state index is 12.0. The Morgan fingerprint density at radius 1 is 1.23 bits per heavy atom. The van der Waals surface area contributed by atoms with E-state index in [1.807, 2.05) is 32.2 Å². The Morgan fingerprint density at radius 3 is 2.80 bits per heavy atom. The summed E-state index contributed by atoms with van der Waals surface area (Å²) in [6, 6.07) is 9.37. The van der Waals surface area contributed by atoms with Gasteiger partial charge in [-0.2, -0.15) is 5.10 Å². The molecule has 0 aliphatic carbocycles. The van der Waals surface area contributed by atoms with Crippen LogP contribution < -0.4 is 10.5 Å². The molecule has 0 aliphatic rings. The standard InChI is InChI=1S/C25H29BrN6O3/c1-15(6-5-9-32-22-12-18(26)7-8-20(22)30-25(32)27)14-35-23-19(13-28-31(23)3)21-11-17(24(33)34-4)10-16(2)29-21/h7-8,10-13,15H,5-6,9,14H2,1-4H3,(H2,27,30)/t15-/m0/s1. The van der Waals surface area contributed by atoms with E-state index in [2.05, 4.69) is 42.5 Å². The van der Waals surface area contributed by atoms with Gasteiger partial charge in [0.25, 0.3) is 0 Å². The molecular formula is C25H29BrN6O3. The van der Waals surface area contributed by atoms with Gasteiger partial charge in [0.15, 0.2) is 0 Å².